The van der Waals surface area contributed by atoms with E-state index in [1.807, 2.05) is 49.4 Å². The van der Waals surface area contributed by atoms with Gasteiger partial charge in [-0.15, -0.1) is 0 Å². The van der Waals surface area contributed by atoms with E-state index in [9.17, 15) is 13.5 Å². The van der Waals surface area contributed by atoms with Crippen molar-refractivity contribution in [2.45, 2.75) is 6.92 Å². The molecule has 2 aromatic carbocycles. The van der Waals surface area contributed by atoms with Crippen LogP contribution in [0.1, 0.15) is 11.1 Å². The number of ether oxygens (including phenoxy) is 1. The quantitative estimate of drug-likeness (QED) is 0.364. The number of aryl methyl sites for hydroxylation is 1. The Hall–Kier alpha value is -4.15. The molecule has 4 aromatic rings. The van der Waals surface area contributed by atoms with Crippen molar-refractivity contribution in [2.75, 3.05) is 17.9 Å². The van der Waals surface area contributed by atoms with Crippen molar-refractivity contribution in [3.05, 3.63) is 89.7 Å². The molecule has 0 aliphatic heterocycles. The summed E-state index contributed by atoms with van der Waals surface area (Å²) in [5.74, 6) is 0.227. The van der Waals surface area contributed by atoms with Crippen molar-refractivity contribution < 1.29 is 18.3 Å². The number of anilines is 1. The van der Waals surface area contributed by atoms with Crippen LogP contribution in [0.15, 0.2) is 78.6 Å². The molecule has 0 bridgehead atoms. The summed E-state index contributed by atoms with van der Waals surface area (Å²) in [6.07, 6.45) is 5.94. The summed E-state index contributed by atoms with van der Waals surface area (Å²) in [7, 11) is -3.97. The number of rotatable bonds is 9. The third-order valence-electron chi connectivity index (χ3n) is 4.82. The molecular formula is C25H23N5O4S. The zero-order valence-corrected chi connectivity index (χ0v) is 19.7. The van der Waals surface area contributed by atoms with Gasteiger partial charge < -0.3 is 9.84 Å². The molecule has 0 spiro atoms. The van der Waals surface area contributed by atoms with Gasteiger partial charge in [0.25, 0.3) is 10.0 Å². The lowest BCUT2D eigenvalue weighted by Crippen LogP contribution is -2.14. The lowest BCUT2D eigenvalue weighted by atomic mass is 10.1. The Balaban J connectivity index is 1.84. The fourth-order valence-corrected chi connectivity index (χ4v) is 3.99. The molecule has 0 saturated heterocycles. The molecule has 2 N–H and O–H groups in total. The van der Waals surface area contributed by atoms with Gasteiger partial charge in [-0.25, -0.2) is 18.4 Å². The van der Waals surface area contributed by atoms with Crippen LogP contribution in [0.25, 0.3) is 28.7 Å². The van der Waals surface area contributed by atoms with Crippen LogP contribution in [0.2, 0.25) is 0 Å². The van der Waals surface area contributed by atoms with Gasteiger partial charge in [-0.1, -0.05) is 60.2 Å². The van der Waals surface area contributed by atoms with Crippen molar-refractivity contribution in [3.8, 4) is 28.5 Å². The molecule has 10 heteroatoms. The molecule has 35 heavy (non-hydrogen) atoms. The first-order chi connectivity index (χ1) is 16.9. The highest BCUT2D eigenvalue weighted by Crippen LogP contribution is 2.37. The molecule has 0 aliphatic rings. The minimum absolute atomic E-state index is 0.00941. The summed E-state index contributed by atoms with van der Waals surface area (Å²) in [4.78, 5) is 17.2. The molecule has 0 fully saturated rings. The smallest absolute Gasteiger partial charge is 0.256 e. The van der Waals surface area contributed by atoms with E-state index in [4.69, 9.17) is 4.74 Å². The average Bonchev–Trinajstić information content (AvgIpc) is 2.88. The summed E-state index contributed by atoms with van der Waals surface area (Å²) in [5, 5.41) is 10.4. The Morgan fingerprint density at radius 2 is 1.80 bits per heavy atom. The van der Waals surface area contributed by atoms with Crippen molar-refractivity contribution >= 4 is 21.9 Å². The fraction of sp³-hybridized carbons (Fsp3) is 0.120. The maximum atomic E-state index is 13.0. The Morgan fingerprint density at radius 3 is 2.49 bits per heavy atom. The zero-order valence-electron chi connectivity index (χ0n) is 18.9. The van der Waals surface area contributed by atoms with Crippen molar-refractivity contribution in [2.24, 2.45) is 0 Å². The molecule has 178 valence electrons. The highest BCUT2D eigenvalue weighted by atomic mass is 32.2. The molecule has 0 unspecified atom stereocenters. The van der Waals surface area contributed by atoms with Crippen molar-refractivity contribution in [1.82, 2.24) is 19.9 Å². The van der Waals surface area contributed by atoms with Gasteiger partial charge in [0.1, 0.15) is 12.3 Å². The second-order valence-electron chi connectivity index (χ2n) is 7.47. The summed E-state index contributed by atoms with van der Waals surface area (Å²) in [6, 6.07) is 16.5. The summed E-state index contributed by atoms with van der Waals surface area (Å²) in [5.41, 5.74) is 3.06. The Kier molecular flexibility index (Phi) is 7.44. The Bertz CT molecular complexity index is 1410. The number of hydrogen-bond donors (Lipinski definition) is 2. The molecule has 2 aromatic heterocycles. The number of aromatic nitrogens is 4. The first-order valence-electron chi connectivity index (χ1n) is 10.7. The molecule has 0 aliphatic carbocycles. The van der Waals surface area contributed by atoms with Crippen LogP contribution in [0, 0.1) is 6.92 Å². The van der Waals surface area contributed by atoms with Gasteiger partial charge in [0.2, 0.25) is 5.88 Å². The maximum absolute atomic E-state index is 13.0. The number of benzene rings is 2. The van der Waals surface area contributed by atoms with Crippen LogP contribution in [0.4, 0.5) is 5.82 Å². The van der Waals surface area contributed by atoms with E-state index in [2.05, 4.69) is 24.7 Å². The number of sulfonamides is 1. The van der Waals surface area contributed by atoms with E-state index < -0.39 is 10.0 Å². The predicted molar refractivity (Wildman–Crippen MR) is 134 cm³/mol. The molecule has 4 rings (SSSR count). The molecule has 0 atom stereocenters. The van der Waals surface area contributed by atoms with E-state index in [0.717, 1.165) is 16.5 Å². The number of nitrogens with one attached hydrogen (secondary N) is 1. The molecular weight excluding hydrogens is 466 g/mol. The predicted octanol–water partition coefficient (Wildman–Crippen LogP) is 3.69. The van der Waals surface area contributed by atoms with Crippen LogP contribution in [0.3, 0.4) is 0 Å². The van der Waals surface area contributed by atoms with Crippen LogP contribution in [-0.4, -0.2) is 46.7 Å². The minimum Gasteiger partial charge on any atom is -0.475 e. The fourth-order valence-electron chi connectivity index (χ4n) is 3.17. The number of aliphatic hydroxyl groups excluding tert-OH is 1. The standard InChI is InChI=1S/C25H23N5O4S/c1-18-7-9-20(10-8-18)22-24(30-35(32,33)16-11-19-5-3-2-4-6-19)28-23(21-17-26-12-13-27-21)29-25(22)34-15-14-31/h2-13,16-17,31H,14-15H2,1H3,(H,28,29,30). The second-order valence-corrected chi connectivity index (χ2v) is 9.03. The molecule has 0 radical (unpaired) electrons. The van der Waals surface area contributed by atoms with E-state index >= 15 is 0 Å². The lowest BCUT2D eigenvalue weighted by Gasteiger charge is -2.16. The molecule has 9 nitrogen and oxygen atoms in total. The number of aliphatic hydroxyl groups is 1. The number of hydrogen-bond acceptors (Lipinski definition) is 8. The van der Waals surface area contributed by atoms with Crippen LogP contribution >= 0.6 is 0 Å². The van der Waals surface area contributed by atoms with Gasteiger partial charge in [0.05, 0.1) is 23.8 Å². The van der Waals surface area contributed by atoms with Gasteiger partial charge >= 0.3 is 0 Å². The first kappa shape index (κ1) is 24.0. The van der Waals surface area contributed by atoms with E-state index in [1.54, 1.807) is 12.1 Å². The van der Waals surface area contributed by atoms with E-state index in [0.29, 0.717) is 16.8 Å². The minimum atomic E-state index is -3.97. The van der Waals surface area contributed by atoms with Crippen LogP contribution < -0.4 is 9.46 Å². The van der Waals surface area contributed by atoms with Gasteiger partial charge in [0.15, 0.2) is 11.6 Å². The lowest BCUT2D eigenvalue weighted by molar-refractivity contribution is 0.197. The van der Waals surface area contributed by atoms with E-state index in [1.165, 1.54) is 24.7 Å². The zero-order chi connectivity index (χ0) is 24.7. The Labute approximate surface area is 203 Å². The van der Waals surface area contributed by atoms with Crippen LogP contribution in [0.5, 0.6) is 5.88 Å². The summed E-state index contributed by atoms with van der Waals surface area (Å²) < 4.78 is 34.3. The monoisotopic (exact) mass is 489 g/mol. The third kappa shape index (κ3) is 6.25. The second kappa shape index (κ2) is 10.9. The van der Waals surface area contributed by atoms with Gasteiger partial charge in [0, 0.05) is 12.4 Å². The van der Waals surface area contributed by atoms with Crippen LogP contribution in [-0.2, 0) is 10.0 Å². The van der Waals surface area contributed by atoms with Gasteiger partial charge in [-0.05, 0) is 24.1 Å². The molecule has 0 saturated carbocycles. The SMILES string of the molecule is Cc1ccc(-c2c(NS(=O)(=O)C=Cc3ccccc3)nc(-c3cnccn3)nc2OCCO)cc1. The largest absolute Gasteiger partial charge is 0.475 e. The maximum Gasteiger partial charge on any atom is 0.256 e. The van der Waals surface area contributed by atoms with Crippen molar-refractivity contribution in [3.63, 3.8) is 0 Å². The first-order valence-corrected chi connectivity index (χ1v) is 12.2. The highest BCUT2D eigenvalue weighted by Gasteiger charge is 2.22. The third-order valence-corrected chi connectivity index (χ3v) is 5.79. The van der Waals surface area contributed by atoms with Crippen molar-refractivity contribution in [1.29, 1.82) is 0 Å². The van der Waals surface area contributed by atoms with E-state index in [-0.39, 0.29) is 30.7 Å². The van der Waals surface area contributed by atoms with Gasteiger partial charge in [-0.3, -0.25) is 9.71 Å². The highest BCUT2D eigenvalue weighted by molar-refractivity contribution is 7.95. The summed E-state index contributed by atoms with van der Waals surface area (Å²) in [6.45, 7) is 1.65. The number of nitrogens with zero attached hydrogens (tertiary/aromatic N) is 4. The molecule has 2 heterocycles. The normalized spacial score (nSPS) is 11.5. The Morgan fingerprint density at radius 1 is 1.03 bits per heavy atom. The average molecular weight is 490 g/mol. The van der Waals surface area contributed by atoms with Gasteiger partial charge in [-0.2, -0.15) is 4.98 Å². The molecule has 0 amide bonds. The topological polar surface area (TPSA) is 127 Å². The summed E-state index contributed by atoms with van der Waals surface area (Å²) >= 11 is 0.